The van der Waals surface area contributed by atoms with Gasteiger partial charge < -0.3 is 0 Å². The lowest BCUT2D eigenvalue weighted by Crippen LogP contribution is -2.22. The van der Waals surface area contributed by atoms with Gasteiger partial charge >= 0.3 is 0 Å². The van der Waals surface area contributed by atoms with E-state index in [1.165, 1.54) is 6.42 Å². The van der Waals surface area contributed by atoms with Crippen LogP contribution in [0, 0.1) is 11.8 Å². The Bertz CT molecular complexity index is 225. The molecule has 0 fully saturated rings. The smallest absolute Gasteiger partial charge is 0.0742 e. The van der Waals surface area contributed by atoms with Crippen molar-refractivity contribution in [2.75, 3.05) is 0 Å². The van der Waals surface area contributed by atoms with Crippen LogP contribution in [0.15, 0.2) is 29.3 Å². The van der Waals surface area contributed by atoms with Crippen LogP contribution in [0.25, 0.3) is 0 Å². The van der Waals surface area contributed by atoms with E-state index in [-0.39, 0.29) is 0 Å². The van der Waals surface area contributed by atoms with Crippen LogP contribution in [0.5, 0.6) is 0 Å². The summed E-state index contributed by atoms with van der Waals surface area (Å²) < 4.78 is 0. The van der Waals surface area contributed by atoms with Crippen LogP contribution in [-0.4, -0.2) is 12.3 Å². The van der Waals surface area contributed by atoms with E-state index >= 15 is 0 Å². The number of dihydropyridines is 1. The number of rotatable bonds is 0. The highest BCUT2D eigenvalue weighted by Gasteiger charge is 2.22. The number of hydrogen-bond acceptors (Lipinski definition) is 1. The van der Waals surface area contributed by atoms with Crippen molar-refractivity contribution < 1.29 is 0 Å². The Labute approximate surface area is 67.5 Å². The van der Waals surface area contributed by atoms with Gasteiger partial charge in [-0.25, -0.2) is 0 Å². The second kappa shape index (κ2) is 2.65. The Morgan fingerprint density at radius 1 is 1.27 bits per heavy atom. The number of nitrogens with zero attached hydrogens (tertiary/aromatic N) is 1. The predicted molar refractivity (Wildman–Crippen MR) is 47.8 cm³/mol. The van der Waals surface area contributed by atoms with Gasteiger partial charge in [0, 0.05) is 12.1 Å². The molecule has 0 spiro atoms. The summed E-state index contributed by atoms with van der Waals surface area (Å²) in [6, 6.07) is 0.441. The fourth-order valence-corrected chi connectivity index (χ4v) is 1.79. The molecular formula is C10H13N. The molecule has 0 aromatic rings. The molecule has 2 rings (SSSR count). The van der Waals surface area contributed by atoms with Crippen LogP contribution < -0.4 is 0 Å². The van der Waals surface area contributed by atoms with Crippen LogP contribution >= 0.6 is 0 Å². The molecule has 1 heterocycles. The zero-order chi connectivity index (χ0) is 7.68. The first-order chi connectivity index (χ1) is 5.36. The predicted octanol–water partition coefficient (Wildman–Crippen LogP) is 2.21. The minimum absolute atomic E-state index is 0.441. The lowest BCUT2D eigenvalue weighted by Gasteiger charge is -2.26. The van der Waals surface area contributed by atoms with Gasteiger partial charge in [-0.15, -0.1) is 0 Å². The van der Waals surface area contributed by atoms with E-state index in [2.05, 4.69) is 36.2 Å². The number of aliphatic imine (C=N–C) groups is 1. The van der Waals surface area contributed by atoms with Crippen molar-refractivity contribution in [1.29, 1.82) is 0 Å². The molecule has 3 unspecified atom stereocenters. The molecule has 0 saturated heterocycles. The molecule has 1 nitrogen and oxygen atoms in total. The molecule has 58 valence electrons. The SMILES string of the molecule is CC1C=CC2N=CC=CC2C1. The molecule has 1 aliphatic heterocycles. The second-order valence-electron chi connectivity index (χ2n) is 3.44. The Kier molecular flexibility index (Phi) is 1.65. The highest BCUT2D eigenvalue weighted by Crippen LogP contribution is 2.27. The quantitative estimate of drug-likeness (QED) is 0.466. The molecule has 0 aromatic carbocycles. The van der Waals surface area contributed by atoms with E-state index < -0.39 is 0 Å². The summed E-state index contributed by atoms with van der Waals surface area (Å²) >= 11 is 0. The van der Waals surface area contributed by atoms with Crippen molar-refractivity contribution >= 4 is 6.21 Å². The summed E-state index contributed by atoms with van der Waals surface area (Å²) in [5.41, 5.74) is 0. The Morgan fingerprint density at radius 2 is 2.18 bits per heavy atom. The molecule has 0 bridgehead atoms. The minimum atomic E-state index is 0.441. The van der Waals surface area contributed by atoms with E-state index in [9.17, 15) is 0 Å². The maximum absolute atomic E-state index is 4.39. The normalized spacial score (nSPS) is 40.6. The maximum Gasteiger partial charge on any atom is 0.0742 e. The molecule has 11 heavy (non-hydrogen) atoms. The molecule has 2 aliphatic rings. The third-order valence-electron chi connectivity index (χ3n) is 2.42. The van der Waals surface area contributed by atoms with Gasteiger partial charge in [0.1, 0.15) is 0 Å². The number of fused-ring (bicyclic) bond motifs is 1. The van der Waals surface area contributed by atoms with Gasteiger partial charge in [0.05, 0.1) is 6.04 Å². The Morgan fingerprint density at radius 3 is 3.09 bits per heavy atom. The van der Waals surface area contributed by atoms with Crippen molar-refractivity contribution in [2.24, 2.45) is 16.8 Å². The summed E-state index contributed by atoms with van der Waals surface area (Å²) in [5.74, 6) is 1.40. The lowest BCUT2D eigenvalue weighted by molar-refractivity contribution is 0.444. The summed E-state index contributed by atoms with van der Waals surface area (Å²) in [7, 11) is 0. The van der Waals surface area contributed by atoms with Crippen LogP contribution in [0.1, 0.15) is 13.3 Å². The average Bonchev–Trinajstić information content (AvgIpc) is 2.04. The summed E-state index contributed by atoms with van der Waals surface area (Å²) in [5, 5.41) is 0. The fourth-order valence-electron chi connectivity index (χ4n) is 1.79. The highest BCUT2D eigenvalue weighted by molar-refractivity contribution is 5.72. The first-order valence-corrected chi connectivity index (χ1v) is 4.24. The molecule has 3 atom stereocenters. The Hall–Kier alpha value is -0.850. The van der Waals surface area contributed by atoms with Gasteiger partial charge in [-0.2, -0.15) is 0 Å². The van der Waals surface area contributed by atoms with Crippen LogP contribution in [0.2, 0.25) is 0 Å². The van der Waals surface area contributed by atoms with Gasteiger partial charge in [-0.1, -0.05) is 25.2 Å². The highest BCUT2D eigenvalue weighted by atomic mass is 14.8. The summed E-state index contributed by atoms with van der Waals surface area (Å²) in [6.07, 6.45) is 12.0. The van der Waals surface area contributed by atoms with E-state index in [1.807, 2.05) is 6.21 Å². The first-order valence-electron chi connectivity index (χ1n) is 4.24. The molecule has 0 radical (unpaired) electrons. The van der Waals surface area contributed by atoms with Crippen molar-refractivity contribution in [1.82, 2.24) is 0 Å². The van der Waals surface area contributed by atoms with Crippen molar-refractivity contribution in [3.05, 3.63) is 24.3 Å². The van der Waals surface area contributed by atoms with Crippen LogP contribution in [0.3, 0.4) is 0 Å². The van der Waals surface area contributed by atoms with Gasteiger partial charge in [-0.05, 0) is 18.4 Å². The molecule has 0 saturated carbocycles. The summed E-state index contributed by atoms with van der Waals surface area (Å²) in [6.45, 7) is 2.26. The zero-order valence-electron chi connectivity index (χ0n) is 6.77. The van der Waals surface area contributed by atoms with Gasteiger partial charge in [0.15, 0.2) is 0 Å². The zero-order valence-corrected chi connectivity index (χ0v) is 6.77. The largest absolute Gasteiger partial charge is 0.285 e. The second-order valence-corrected chi connectivity index (χ2v) is 3.44. The Balaban J connectivity index is 2.20. The molecule has 1 aliphatic carbocycles. The van der Waals surface area contributed by atoms with Crippen LogP contribution in [0.4, 0.5) is 0 Å². The molecule has 1 heteroatoms. The van der Waals surface area contributed by atoms with Crippen molar-refractivity contribution in [3.8, 4) is 0 Å². The maximum atomic E-state index is 4.39. The van der Waals surface area contributed by atoms with Crippen LogP contribution in [-0.2, 0) is 0 Å². The number of hydrogen-bond donors (Lipinski definition) is 0. The molecule has 0 amide bonds. The minimum Gasteiger partial charge on any atom is -0.285 e. The van der Waals surface area contributed by atoms with Gasteiger partial charge in [-0.3, -0.25) is 4.99 Å². The topological polar surface area (TPSA) is 12.4 Å². The van der Waals surface area contributed by atoms with Crippen molar-refractivity contribution in [2.45, 2.75) is 19.4 Å². The molecular weight excluding hydrogens is 134 g/mol. The van der Waals surface area contributed by atoms with Gasteiger partial charge in [0.25, 0.3) is 0 Å². The first kappa shape index (κ1) is 6.84. The molecule has 0 aromatic heterocycles. The van der Waals surface area contributed by atoms with E-state index in [1.54, 1.807) is 0 Å². The summed E-state index contributed by atoms with van der Waals surface area (Å²) in [4.78, 5) is 4.39. The monoisotopic (exact) mass is 147 g/mol. The van der Waals surface area contributed by atoms with Gasteiger partial charge in [0.2, 0.25) is 0 Å². The number of allylic oxidation sites excluding steroid dienone is 2. The third-order valence-corrected chi connectivity index (χ3v) is 2.42. The third kappa shape index (κ3) is 1.28. The van der Waals surface area contributed by atoms with Crippen molar-refractivity contribution in [3.63, 3.8) is 0 Å². The molecule has 0 N–H and O–H groups in total. The van der Waals surface area contributed by atoms with E-state index in [0.717, 1.165) is 5.92 Å². The lowest BCUT2D eigenvalue weighted by atomic mass is 9.83. The van der Waals surface area contributed by atoms with E-state index in [4.69, 9.17) is 0 Å². The standard InChI is InChI=1S/C10H13N/c1-8-4-5-10-9(7-8)3-2-6-11-10/h2-6,8-10H,7H2,1H3. The fraction of sp³-hybridized carbons (Fsp3) is 0.500. The average molecular weight is 147 g/mol. The van der Waals surface area contributed by atoms with E-state index in [0.29, 0.717) is 12.0 Å².